The Balaban J connectivity index is 1.86. The molecule has 150 valence electrons. The summed E-state index contributed by atoms with van der Waals surface area (Å²) in [5.74, 6) is -0.207. The van der Waals surface area contributed by atoms with Gasteiger partial charge in [0.2, 0.25) is 0 Å². The zero-order valence-electron chi connectivity index (χ0n) is 17.0. The zero-order valence-corrected chi connectivity index (χ0v) is 17.0. The van der Waals surface area contributed by atoms with Crippen LogP contribution in [0.5, 0.6) is 0 Å². The minimum Gasteiger partial charge on any atom is -0.469 e. The summed E-state index contributed by atoms with van der Waals surface area (Å²) in [4.78, 5) is 29.5. The third-order valence-corrected chi connectivity index (χ3v) is 4.47. The van der Waals surface area contributed by atoms with E-state index in [1.54, 1.807) is 4.90 Å². The number of hydrogen-bond acceptors (Lipinski definition) is 6. The van der Waals surface area contributed by atoms with E-state index >= 15 is 0 Å². The number of piperazine rings is 1. The van der Waals surface area contributed by atoms with E-state index in [9.17, 15) is 9.59 Å². The molecule has 0 unspecified atom stereocenters. The molecule has 1 aliphatic rings. The lowest BCUT2D eigenvalue weighted by Gasteiger charge is -2.36. The van der Waals surface area contributed by atoms with Crippen molar-refractivity contribution in [3.05, 3.63) is 24.3 Å². The number of amides is 1. The number of nitrogens with zero attached hydrogens (tertiary/aromatic N) is 3. The van der Waals surface area contributed by atoms with Crippen molar-refractivity contribution in [2.75, 3.05) is 56.7 Å². The molecule has 1 saturated heterocycles. The average molecular weight is 377 g/mol. The van der Waals surface area contributed by atoms with Crippen LogP contribution in [-0.2, 0) is 14.3 Å². The van der Waals surface area contributed by atoms with Crippen LogP contribution in [0.2, 0.25) is 0 Å². The molecule has 1 aromatic carbocycles. The van der Waals surface area contributed by atoms with Gasteiger partial charge in [0.25, 0.3) is 0 Å². The highest BCUT2D eigenvalue weighted by Gasteiger charge is 2.25. The maximum Gasteiger partial charge on any atom is 0.410 e. The normalized spacial score (nSPS) is 14.7. The number of anilines is 2. The monoisotopic (exact) mass is 377 g/mol. The number of carbonyl (C=O) groups excluding carboxylic acids is 2. The molecule has 7 nitrogen and oxygen atoms in total. The van der Waals surface area contributed by atoms with Gasteiger partial charge in [-0.1, -0.05) is 0 Å². The molecule has 0 saturated carbocycles. The first-order chi connectivity index (χ1) is 12.7. The van der Waals surface area contributed by atoms with E-state index < -0.39 is 5.60 Å². The molecule has 0 spiro atoms. The van der Waals surface area contributed by atoms with E-state index in [2.05, 4.69) is 21.8 Å². The maximum absolute atomic E-state index is 12.2. The van der Waals surface area contributed by atoms with Gasteiger partial charge in [0.1, 0.15) is 5.60 Å². The summed E-state index contributed by atoms with van der Waals surface area (Å²) in [5, 5.41) is 0. The highest BCUT2D eigenvalue weighted by molar-refractivity contribution is 5.70. The largest absolute Gasteiger partial charge is 0.469 e. The minimum absolute atomic E-state index is 0.207. The van der Waals surface area contributed by atoms with Crippen molar-refractivity contribution in [2.24, 2.45) is 0 Å². The van der Waals surface area contributed by atoms with Crippen molar-refractivity contribution < 1.29 is 19.1 Å². The van der Waals surface area contributed by atoms with Crippen molar-refractivity contribution in [3.8, 4) is 0 Å². The van der Waals surface area contributed by atoms with Gasteiger partial charge in [-0.15, -0.1) is 0 Å². The van der Waals surface area contributed by atoms with Crippen molar-refractivity contribution in [2.45, 2.75) is 32.8 Å². The highest BCUT2D eigenvalue weighted by Crippen LogP contribution is 2.22. The second-order valence-electron chi connectivity index (χ2n) is 7.72. The van der Waals surface area contributed by atoms with Crippen LogP contribution < -0.4 is 9.80 Å². The van der Waals surface area contributed by atoms with Crippen LogP contribution >= 0.6 is 0 Å². The Labute approximate surface area is 161 Å². The Morgan fingerprint density at radius 3 is 2.19 bits per heavy atom. The Morgan fingerprint density at radius 2 is 1.67 bits per heavy atom. The van der Waals surface area contributed by atoms with Crippen LogP contribution in [0.1, 0.15) is 27.2 Å². The molecule has 2 rings (SSSR count). The van der Waals surface area contributed by atoms with Crippen molar-refractivity contribution in [1.29, 1.82) is 0 Å². The maximum atomic E-state index is 12.2. The van der Waals surface area contributed by atoms with Crippen LogP contribution in [-0.4, -0.2) is 69.4 Å². The summed E-state index contributed by atoms with van der Waals surface area (Å²) in [6, 6.07) is 8.25. The van der Waals surface area contributed by atoms with Crippen LogP contribution in [0, 0.1) is 0 Å². The topological polar surface area (TPSA) is 62.3 Å². The van der Waals surface area contributed by atoms with Gasteiger partial charge in [-0.2, -0.15) is 0 Å². The van der Waals surface area contributed by atoms with Gasteiger partial charge in [0, 0.05) is 51.1 Å². The summed E-state index contributed by atoms with van der Waals surface area (Å²) < 4.78 is 10.1. The van der Waals surface area contributed by atoms with Crippen LogP contribution in [0.25, 0.3) is 0 Å². The lowest BCUT2D eigenvalue weighted by molar-refractivity contribution is -0.140. The van der Waals surface area contributed by atoms with E-state index in [4.69, 9.17) is 4.74 Å². The predicted molar refractivity (Wildman–Crippen MR) is 106 cm³/mol. The van der Waals surface area contributed by atoms with Gasteiger partial charge in [-0.3, -0.25) is 4.79 Å². The molecule has 7 heteroatoms. The van der Waals surface area contributed by atoms with Gasteiger partial charge in [0.15, 0.2) is 0 Å². The number of ether oxygens (including phenoxy) is 2. The summed E-state index contributed by atoms with van der Waals surface area (Å²) in [6.45, 7) is 9.10. The van der Waals surface area contributed by atoms with Crippen LogP contribution in [0.4, 0.5) is 16.2 Å². The Morgan fingerprint density at radius 1 is 1.07 bits per heavy atom. The first kappa shape index (κ1) is 20.9. The quantitative estimate of drug-likeness (QED) is 0.736. The van der Waals surface area contributed by atoms with E-state index in [1.165, 1.54) is 7.11 Å². The van der Waals surface area contributed by atoms with Gasteiger partial charge in [-0.05, 0) is 45.0 Å². The summed E-state index contributed by atoms with van der Waals surface area (Å²) in [6.07, 6.45) is 0.117. The molecule has 27 heavy (non-hydrogen) atoms. The van der Waals surface area contributed by atoms with E-state index in [1.807, 2.05) is 44.9 Å². The van der Waals surface area contributed by atoms with E-state index in [0.29, 0.717) is 26.1 Å². The third-order valence-electron chi connectivity index (χ3n) is 4.47. The first-order valence-corrected chi connectivity index (χ1v) is 9.30. The Hall–Kier alpha value is -2.44. The van der Waals surface area contributed by atoms with E-state index in [0.717, 1.165) is 24.5 Å². The molecule has 1 fully saturated rings. The zero-order chi connectivity index (χ0) is 20.0. The van der Waals surface area contributed by atoms with E-state index in [-0.39, 0.29) is 12.1 Å². The van der Waals surface area contributed by atoms with Gasteiger partial charge in [0.05, 0.1) is 13.5 Å². The summed E-state index contributed by atoms with van der Waals surface area (Å²) in [5.41, 5.74) is 1.71. The van der Waals surface area contributed by atoms with Crippen molar-refractivity contribution in [1.82, 2.24) is 4.90 Å². The summed E-state index contributed by atoms with van der Waals surface area (Å²) in [7, 11) is 3.36. The third kappa shape index (κ3) is 6.34. The van der Waals surface area contributed by atoms with Crippen LogP contribution in [0.15, 0.2) is 24.3 Å². The molecule has 0 radical (unpaired) electrons. The highest BCUT2D eigenvalue weighted by atomic mass is 16.6. The number of rotatable bonds is 5. The average Bonchev–Trinajstić information content (AvgIpc) is 2.64. The molecule has 0 atom stereocenters. The lowest BCUT2D eigenvalue weighted by atomic mass is 10.2. The fraction of sp³-hybridized carbons (Fsp3) is 0.600. The molecule has 0 bridgehead atoms. The SMILES string of the molecule is COC(=O)CCN(C)c1ccc(N2CCN(C(=O)OC(C)(C)C)CC2)cc1. The molecule has 1 aliphatic heterocycles. The predicted octanol–water partition coefficient (Wildman–Crippen LogP) is 2.74. The number of carbonyl (C=O) groups is 2. The minimum atomic E-state index is -0.468. The fourth-order valence-corrected chi connectivity index (χ4v) is 2.88. The molecule has 1 amide bonds. The number of benzene rings is 1. The number of hydrogen-bond donors (Lipinski definition) is 0. The standard InChI is InChI=1S/C20H31N3O4/c1-20(2,3)27-19(25)23-14-12-22(13-15-23)17-8-6-16(7-9-17)21(4)11-10-18(24)26-5/h6-9H,10-15H2,1-5H3. The van der Waals surface area contributed by atoms with Crippen molar-refractivity contribution in [3.63, 3.8) is 0 Å². The van der Waals surface area contributed by atoms with Crippen LogP contribution in [0.3, 0.4) is 0 Å². The Bertz CT molecular complexity index is 632. The second-order valence-corrected chi connectivity index (χ2v) is 7.72. The Kier molecular flexibility index (Phi) is 6.93. The van der Waals surface area contributed by atoms with Gasteiger partial charge >= 0.3 is 12.1 Å². The molecule has 1 aromatic rings. The fourth-order valence-electron chi connectivity index (χ4n) is 2.88. The molecular weight excluding hydrogens is 346 g/mol. The second kappa shape index (κ2) is 8.97. The lowest BCUT2D eigenvalue weighted by Crippen LogP contribution is -2.50. The van der Waals surface area contributed by atoms with Gasteiger partial charge in [-0.25, -0.2) is 4.79 Å². The molecule has 0 N–H and O–H groups in total. The summed E-state index contributed by atoms with van der Waals surface area (Å²) >= 11 is 0. The molecule has 1 heterocycles. The number of esters is 1. The smallest absolute Gasteiger partial charge is 0.410 e. The molecule has 0 aliphatic carbocycles. The van der Waals surface area contributed by atoms with Crippen molar-refractivity contribution >= 4 is 23.4 Å². The molecular formula is C20H31N3O4. The molecule has 0 aromatic heterocycles. The first-order valence-electron chi connectivity index (χ1n) is 9.30. The van der Waals surface area contributed by atoms with Gasteiger partial charge < -0.3 is 24.2 Å². The number of methoxy groups -OCH3 is 1.